The molecule has 3 rings (SSSR count). The number of carbonyl (C=O) groups excluding carboxylic acids is 2. The maximum Gasteiger partial charge on any atom is 0.375 e. The number of fused-ring (bicyclic) bond motifs is 1. The van der Waals surface area contributed by atoms with Gasteiger partial charge < -0.3 is 13.9 Å². The van der Waals surface area contributed by atoms with Gasteiger partial charge in [0.25, 0.3) is 0 Å². The van der Waals surface area contributed by atoms with E-state index in [1.807, 2.05) is 32.0 Å². The summed E-state index contributed by atoms with van der Waals surface area (Å²) in [7, 11) is 0. The minimum Gasteiger partial charge on any atom is -0.462 e. The van der Waals surface area contributed by atoms with Crippen molar-refractivity contribution in [2.75, 3.05) is 6.61 Å². The molecule has 0 amide bonds. The van der Waals surface area contributed by atoms with Crippen LogP contribution in [0.4, 0.5) is 0 Å². The van der Waals surface area contributed by atoms with E-state index in [-0.39, 0.29) is 12.4 Å². The van der Waals surface area contributed by atoms with Crippen LogP contribution in [-0.2, 0) is 14.3 Å². The van der Waals surface area contributed by atoms with Crippen LogP contribution >= 0.6 is 0 Å². The van der Waals surface area contributed by atoms with E-state index in [1.54, 1.807) is 13.0 Å². The fourth-order valence-electron chi connectivity index (χ4n) is 2.46. The van der Waals surface area contributed by atoms with Gasteiger partial charge in [-0.1, -0.05) is 32.0 Å². The molecule has 0 spiro atoms. The van der Waals surface area contributed by atoms with Crippen LogP contribution in [0.3, 0.4) is 0 Å². The van der Waals surface area contributed by atoms with Crippen molar-refractivity contribution in [3.8, 4) is 0 Å². The van der Waals surface area contributed by atoms with E-state index in [0.717, 1.165) is 5.39 Å². The number of para-hydroxylation sites is 1. The molecule has 0 radical (unpaired) electrons. The number of cyclic esters (lactones) is 1. The fourth-order valence-corrected chi connectivity index (χ4v) is 2.46. The largest absolute Gasteiger partial charge is 0.462 e. The van der Waals surface area contributed by atoms with Gasteiger partial charge >= 0.3 is 11.9 Å². The highest BCUT2D eigenvalue weighted by molar-refractivity contribution is 5.97. The average molecular weight is 288 g/mol. The molecular weight excluding hydrogens is 272 g/mol. The second-order valence-electron chi connectivity index (χ2n) is 5.93. The van der Waals surface area contributed by atoms with Crippen molar-refractivity contribution in [1.82, 2.24) is 0 Å². The van der Waals surface area contributed by atoms with Crippen molar-refractivity contribution in [2.45, 2.75) is 26.9 Å². The SMILES string of the molecule is Cc1c(C(=O)OC2C(=O)OCC2(C)C)oc2ccccc12. The molecule has 21 heavy (non-hydrogen) atoms. The lowest BCUT2D eigenvalue weighted by Crippen LogP contribution is -2.35. The Labute approximate surface area is 121 Å². The highest BCUT2D eigenvalue weighted by Gasteiger charge is 2.47. The lowest BCUT2D eigenvalue weighted by Gasteiger charge is -2.21. The van der Waals surface area contributed by atoms with Crippen LogP contribution in [0.2, 0.25) is 0 Å². The van der Waals surface area contributed by atoms with Crippen molar-refractivity contribution in [1.29, 1.82) is 0 Å². The molecule has 1 aliphatic rings. The van der Waals surface area contributed by atoms with Crippen LogP contribution < -0.4 is 0 Å². The summed E-state index contributed by atoms with van der Waals surface area (Å²) in [6.07, 6.45) is -0.905. The number of hydrogen-bond acceptors (Lipinski definition) is 5. The van der Waals surface area contributed by atoms with Crippen molar-refractivity contribution in [3.05, 3.63) is 35.6 Å². The highest BCUT2D eigenvalue weighted by atomic mass is 16.6. The second-order valence-corrected chi connectivity index (χ2v) is 5.93. The van der Waals surface area contributed by atoms with Crippen LogP contribution in [0.25, 0.3) is 11.0 Å². The van der Waals surface area contributed by atoms with E-state index in [1.165, 1.54) is 0 Å². The summed E-state index contributed by atoms with van der Waals surface area (Å²) in [6.45, 7) is 5.67. The molecule has 2 aromatic rings. The van der Waals surface area contributed by atoms with E-state index < -0.39 is 23.5 Å². The number of esters is 2. The van der Waals surface area contributed by atoms with Gasteiger partial charge in [-0.25, -0.2) is 9.59 Å². The number of benzene rings is 1. The van der Waals surface area contributed by atoms with E-state index in [0.29, 0.717) is 11.1 Å². The van der Waals surface area contributed by atoms with Gasteiger partial charge in [-0.3, -0.25) is 0 Å². The lowest BCUT2D eigenvalue weighted by molar-refractivity contribution is -0.145. The summed E-state index contributed by atoms with van der Waals surface area (Å²) in [5.41, 5.74) is 0.794. The minimum absolute atomic E-state index is 0.131. The molecule has 0 aliphatic carbocycles. The third-order valence-electron chi connectivity index (χ3n) is 3.76. The van der Waals surface area contributed by atoms with Gasteiger partial charge in [0.2, 0.25) is 11.9 Å². The first-order valence-corrected chi connectivity index (χ1v) is 6.76. The number of hydrogen-bond donors (Lipinski definition) is 0. The molecule has 5 heteroatoms. The monoisotopic (exact) mass is 288 g/mol. The zero-order valence-corrected chi connectivity index (χ0v) is 12.1. The van der Waals surface area contributed by atoms with Crippen LogP contribution in [0.1, 0.15) is 30.0 Å². The molecule has 2 heterocycles. The van der Waals surface area contributed by atoms with E-state index >= 15 is 0 Å². The molecule has 110 valence electrons. The smallest absolute Gasteiger partial charge is 0.375 e. The molecule has 5 nitrogen and oxygen atoms in total. The molecule has 1 aromatic heterocycles. The highest BCUT2D eigenvalue weighted by Crippen LogP contribution is 2.33. The zero-order chi connectivity index (χ0) is 15.2. The first kappa shape index (κ1) is 13.7. The number of ether oxygens (including phenoxy) is 2. The molecule has 1 saturated heterocycles. The molecule has 1 fully saturated rings. The number of carbonyl (C=O) groups is 2. The van der Waals surface area contributed by atoms with Gasteiger partial charge in [-0.15, -0.1) is 0 Å². The number of furan rings is 1. The Kier molecular flexibility index (Phi) is 3.01. The topological polar surface area (TPSA) is 65.7 Å². The van der Waals surface area contributed by atoms with Gasteiger partial charge in [-0.2, -0.15) is 0 Å². The standard InChI is InChI=1S/C16H16O5/c1-9-10-6-4-5-7-11(10)20-12(9)14(17)21-13-15(18)19-8-16(13,2)3/h4-7,13H,8H2,1-3H3. The number of aryl methyl sites for hydroxylation is 1. The lowest BCUT2D eigenvalue weighted by atomic mass is 9.90. The quantitative estimate of drug-likeness (QED) is 0.795. The van der Waals surface area contributed by atoms with Gasteiger partial charge in [0.1, 0.15) is 12.2 Å². The van der Waals surface area contributed by atoms with Crippen molar-refractivity contribution >= 4 is 22.9 Å². The van der Waals surface area contributed by atoms with E-state index in [2.05, 4.69) is 0 Å². The van der Waals surface area contributed by atoms with E-state index in [4.69, 9.17) is 13.9 Å². The van der Waals surface area contributed by atoms with Gasteiger partial charge in [0, 0.05) is 16.4 Å². The summed E-state index contributed by atoms with van der Waals surface area (Å²) in [6, 6.07) is 7.36. The second kappa shape index (κ2) is 4.62. The Morgan fingerprint density at radius 1 is 1.33 bits per heavy atom. The first-order valence-electron chi connectivity index (χ1n) is 6.76. The summed E-state index contributed by atoms with van der Waals surface area (Å²) >= 11 is 0. The maximum atomic E-state index is 12.3. The van der Waals surface area contributed by atoms with E-state index in [9.17, 15) is 9.59 Å². The molecular formula is C16H16O5. The van der Waals surface area contributed by atoms with Crippen LogP contribution in [0.15, 0.2) is 28.7 Å². The normalized spacial score (nSPS) is 20.5. The van der Waals surface area contributed by atoms with Gasteiger partial charge in [0.15, 0.2) is 0 Å². The van der Waals surface area contributed by atoms with Crippen molar-refractivity contribution < 1.29 is 23.5 Å². The van der Waals surface area contributed by atoms with Crippen molar-refractivity contribution in [2.24, 2.45) is 5.41 Å². The van der Waals surface area contributed by atoms with Crippen LogP contribution in [0, 0.1) is 12.3 Å². The molecule has 1 atom stereocenters. The Hall–Kier alpha value is -2.30. The van der Waals surface area contributed by atoms with Crippen LogP contribution in [-0.4, -0.2) is 24.6 Å². The molecule has 1 aliphatic heterocycles. The fraction of sp³-hybridized carbons (Fsp3) is 0.375. The molecule has 1 unspecified atom stereocenters. The summed E-state index contributed by atoms with van der Waals surface area (Å²) in [5, 5.41) is 0.859. The van der Waals surface area contributed by atoms with Gasteiger partial charge in [-0.05, 0) is 13.0 Å². The molecule has 0 saturated carbocycles. The van der Waals surface area contributed by atoms with Gasteiger partial charge in [0.05, 0.1) is 0 Å². The first-order chi connectivity index (χ1) is 9.90. The van der Waals surface area contributed by atoms with Crippen LogP contribution in [0.5, 0.6) is 0 Å². The summed E-state index contributed by atoms with van der Waals surface area (Å²) < 4.78 is 15.8. The molecule has 0 N–H and O–H groups in total. The molecule has 0 bridgehead atoms. The Morgan fingerprint density at radius 3 is 2.67 bits per heavy atom. The number of rotatable bonds is 2. The third kappa shape index (κ3) is 2.18. The predicted molar refractivity (Wildman–Crippen MR) is 74.9 cm³/mol. The van der Waals surface area contributed by atoms with Crippen molar-refractivity contribution in [3.63, 3.8) is 0 Å². The summed E-state index contributed by atoms with van der Waals surface area (Å²) in [5.74, 6) is -1.02. The maximum absolute atomic E-state index is 12.3. The predicted octanol–water partition coefficient (Wildman–Crippen LogP) is 2.85. The Morgan fingerprint density at radius 2 is 2.05 bits per heavy atom. The molecule has 1 aromatic carbocycles. The summed E-state index contributed by atoms with van der Waals surface area (Å²) in [4.78, 5) is 24.0. The average Bonchev–Trinajstić information content (AvgIpc) is 2.91. The zero-order valence-electron chi connectivity index (χ0n) is 12.1. The Balaban J connectivity index is 1.91. The third-order valence-corrected chi connectivity index (χ3v) is 3.76. The minimum atomic E-state index is -0.905. The Bertz CT molecular complexity index is 725.